The van der Waals surface area contributed by atoms with E-state index >= 15 is 0 Å². The first kappa shape index (κ1) is 14.4. The predicted octanol–water partition coefficient (Wildman–Crippen LogP) is 1.92. The van der Waals surface area contributed by atoms with Crippen LogP contribution in [0.4, 0.5) is 13.6 Å². The van der Waals surface area contributed by atoms with Crippen molar-refractivity contribution in [2.45, 2.75) is 18.8 Å². The molecule has 1 rings (SSSR count). The Kier molecular flexibility index (Phi) is 5.03. The highest BCUT2D eigenvalue weighted by Gasteiger charge is 2.12. The number of hydrogen-bond donors (Lipinski definition) is 2. The molecule has 1 unspecified atom stereocenters. The van der Waals surface area contributed by atoms with E-state index in [-0.39, 0.29) is 6.54 Å². The Morgan fingerprint density at radius 2 is 2.00 bits per heavy atom. The fourth-order valence-corrected chi connectivity index (χ4v) is 1.14. The molecule has 0 aliphatic carbocycles. The second-order valence-electron chi connectivity index (χ2n) is 3.54. The number of nitrogens with one attached hydrogen (secondary N) is 2. The van der Waals surface area contributed by atoms with Gasteiger partial charge in [-0.1, -0.05) is 6.07 Å². The lowest BCUT2D eigenvalue weighted by molar-refractivity contribution is -0.119. The van der Waals surface area contributed by atoms with Gasteiger partial charge in [-0.25, -0.2) is 13.6 Å². The minimum Gasteiger partial charge on any atom is -0.334 e. The summed E-state index contributed by atoms with van der Waals surface area (Å²) in [6.45, 7) is 1.38. The lowest BCUT2D eigenvalue weighted by Crippen LogP contribution is -2.41. The first-order chi connectivity index (χ1) is 8.40. The molecule has 3 amide bonds. The molecular formula is C11H11ClF2N2O2. The first-order valence-electron chi connectivity index (χ1n) is 5.07. The second-order valence-corrected chi connectivity index (χ2v) is 4.19. The van der Waals surface area contributed by atoms with Crippen molar-refractivity contribution in [3.63, 3.8) is 0 Å². The van der Waals surface area contributed by atoms with E-state index in [1.807, 2.05) is 5.32 Å². The fourth-order valence-electron chi connectivity index (χ4n) is 1.09. The van der Waals surface area contributed by atoms with Gasteiger partial charge in [-0.05, 0) is 24.6 Å². The maximum atomic E-state index is 12.8. The zero-order valence-electron chi connectivity index (χ0n) is 9.47. The molecule has 1 aromatic carbocycles. The standard InChI is InChI=1S/C11H11ClF2N2O2/c1-6(12)10(17)16-11(18)15-5-7-2-3-8(13)9(14)4-7/h2-4,6H,5H2,1H3,(H2,15,16,17,18). The zero-order valence-corrected chi connectivity index (χ0v) is 10.2. The molecule has 0 spiro atoms. The molecule has 0 fully saturated rings. The Labute approximate surface area is 107 Å². The molecule has 0 aromatic heterocycles. The summed E-state index contributed by atoms with van der Waals surface area (Å²) < 4.78 is 25.5. The summed E-state index contributed by atoms with van der Waals surface area (Å²) in [4.78, 5) is 22.3. The van der Waals surface area contributed by atoms with Gasteiger partial charge in [0.25, 0.3) is 0 Å². The van der Waals surface area contributed by atoms with Crippen LogP contribution in [-0.4, -0.2) is 17.3 Å². The van der Waals surface area contributed by atoms with E-state index in [2.05, 4.69) is 5.32 Å². The van der Waals surface area contributed by atoms with E-state index in [9.17, 15) is 18.4 Å². The van der Waals surface area contributed by atoms with Crippen molar-refractivity contribution in [2.24, 2.45) is 0 Å². The summed E-state index contributed by atoms with van der Waals surface area (Å²) in [6.07, 6.45) is 0. The van der Waals surface area contributed by atoms with Crippen molar-refractivity contribution in [3.8, 4) is 0 Å². The van der Waals surface area contributed by atoms with E-state index < -0.39 is 28.9 Å². The van der Waals surface area contributed by atoms with Crippen molar-refractivity contribution in [1.82, 2.24) is 10.6 Å². The molecule has 18 heavy (non-hydrogen) atoms. The lowest BCUT2D eigenvalue weighted by atomic mass is 10.2. The second kappa shape index (κ2) is 6.30. The predicted molar refractivity (Wildman–Crippen MR) is 62.1 cm³/mol. The van der Waals surface area contributed by atoms with Gasteiger partial charge in [0.15, 0.2) is 11.6 Å². The number of urea groups is 1. The molecule has 0 aliphatic heterocycles. The van der Waals surface area contributed by atoms with Gasteiger partial charge in [0.1, 0.15) is 5.38 Å². The molecule has 98 valence electrons. The Hall–Kier alpha value is -1.69. The van der Waals surface area contributed by atoms with E-state index in [4.69, 9.17) is 11.6 Å². The van der Waals surface area contributed by atoms with Crippen LogP contribution in [0.5, 0.6) is 0 Å². The number of rotatable bonds is 3. The SMILES string of the molecule is CC(Cl)C(=O)NC(=O)NCc1ccc(F)c(F)c1. The van der Waals surface area contributed by atoms with E-state index in [1.165, 1.54) is 13.0 Å². The molecule has 7 heteroatoms. The minimum absolute atomic E-state index is 0.0347. The maximum Gasteiger partial charge on any atom is 0.321 e. The molecule has 2 N–H and O–H groups in total. The largest absolute Gasteiger partial charge is 0.334 e. The van der Waals surface area contributed by atoms with E-state index in [0.717, 1.165) is 12.1 Å². The third kappa shape index (κ3) is 4.29. The smallest absolute Gasteiger partial charge is 0.321 e. The van der Waals surface area contributed by atoms with Crippen molar-refractivity contribution in [2.75, 3.05) is 0 Å². The topological polar surface area (TPSA) is 58.2 Å². The number of hydrogen-bond acceptors (Lipinski definition) is 2. The average Bonchev–Trinajstić information content (AvgIpc) is 2.30. The molecule has 0 radical (unpaired) electrons. The molecule has 4 nitrogen and oxygen atoms in total. The molecule has 0 bridgehead atoms. The molecule has 0 saturated heterocycles. The van der Waals surface area contributed by atoms with Crippen LogP contribution in [0, 0.1) is 11.6 Å². The number of halogens is 3. The molecule has 1 aromatic rings. The molecule has 0 heterocycles. The Bertz CT molecular complexity index is 466. The number of imide groups is 1. The summed E-state index contributed by atoms with van der Waals surface area (Å²) >= 11 is 5.44. The van der Waals surface area contributed by atoms with Crippen LogP contribution in [0.25, 0.3) is 0 Å². The third-order valence-corrected chi connectivity index (χ3v) is 2.23. The van der Waals surface area contributed by atoms with Crippen LogP contribution in [-0.2, 0) is 11.3 Å². The van der Waals surface area contributed by atoms with E-state index in [0.29, 0.717) is 5.56 Å². The van der Waals surface area contributed by atoms with Crippen LogP contribution >= 0.6 is 11.6 Å². The summed E-state index contributed by atoms with van der Waals surface area (Å²) in [7, 11) is 0. The number of carbonyl (C=O) groups excluding carboxylic acids is 2. The van der Waals surface area contributed by atoms with Crippen LogP contribution in [0.3, 0.4) is 0 Å². The van der Waals surface area contributed by atoms with Gasteiger partial charge in [0.2, 0.25) is 5.91 Å². The molecule has 0 saturated carbocycles. The normalized spacial score (nSPS) is 11.8. The van der Waals surface area contributed by atoms with Crippen molar-refractivity contribution < 1.29 is 18.4 Å². The summed E-state index contributed by atoms with van der Waals surface area (Å²) in [5.41, 5.74) is 0.371. The quantitative estimate of drug-likeness (QED) is 0.829. The van der Waals surface area contributed by atoms with Crippen LogP contribution < -0.4 is 10.6 Å². The number of amides is 3. The Balaban J connectivity index is 2.47. The van der Waals surface area contributed by atoms with Gasteiger partial charge in [0, 0.05) is 6.54 Å². The summed E-state index contributed by atoms with van der Waals surface area (Å²) in [5, 5.41) is 3.47. The summed E-state index contributed by atoms with van der Waals surface area (Å²) in [5.74, 6) is -2.60. The molecule has 0 aliphatic rings. The highest BCUT2D eigenvalue weighted by molar-refractivity contribution is 6.31. The van der Waals surface area contributed by atoms with Gasteiger partial charge < -0.3 is 5.32 Å². The molecular weight excluding hydrogens is 266 g/mol. The van der Waals surface area contributed by atoms with Gasteiger partial charge in [-0.3, -0.25) is 10.1 Å². The highest BCUT2D eigenvalue weighted by Crippen LogP contribution is 2.08. The first-order valence-corrected chi connectivity index (χ1v) is 5.50. The Morgan fingerprint density at radius 1 is 1.33 bits per heavy atom. The Morgan fingerprint density at radius 3 is 2.56 bits per heavy atom. The third-order valence-electron chi connectivity index (χ3n) is 2.04. The van der Waals surface area contributed by atoms with Gasteiger partial charge >= 0.3 is 6.03 Å². The van der Waals surface area contributed by atoms with Gasteiger partial charge in [-0.2, -0.15) is 0 Å². The average molecular weight is 277 g/mol. The van der Waals surface area contributed by atoms with Crippen LogP contribution in [0.15, 0.2) is 18.2 Å². The van der Waals surface area contributed by atoms with Crippen molar-refractivity contribution in [3.05, 3.63) is 35.4 Å². The monoisotopic (exact) mass is 276 g/mol. The maximum absolute atomic E-state index is 12.8. The minimum atomic E-state index is -1.000. The van der Waals surface area contributed by atoms with E-state index in [1.54, 1.807) is 0 Å². The lowest BCUT2D eigenvalue weighted by Gasteiger charge is -2.07. The highest BCUT2D eigenvalue weighted by atomic mass is 35.5. The van der Waals surface area contributed by atoms with Gasteiger partial charge in [-0.15, -0.1) is 11.6 Å². The number of benzene rings is 1. The van der Waals surface area contributed by atoms with Crippen LogP contribution in [0.1, 0.15) is 12.5 Å². The van der Waals surface area contributed by atoms with Crippen LogP contribution in [0.2, 0.25) is 0 Å². The molecule has 1 atom stereocenters. The fraction of sp³-hybridized carbons (Fsp3) is 0.273. The summed E-state index contributed by atoms with van der Waals surface area (Å²) in [6, 6.07) is 2.49. The zero-order chi connectivity index (χ0) is 13.7. The number of carbonyl (C=O) groups is 2. The van der Waals surface area contributed by atoms with Crippen molar-refractivity contribution in [1.29, 1.82) is 0 Å². The number of alkyl halides is 1. The van der Waals surface area contributed by atoms with Crippen molar-refractivity contribution >= 4 is 23.5 Å². The van der Waals surface area contributed by atoms with Gasteiger partial charge in [0.05, 0.1) is 0 Å².